The van der Waals surface area contributed by atoms with Crippen LogP contribution >= 0.6 is 11.6 Å². The first-order valence-electron chi connectivity index (χ1n) is 7.86. The van der Waals surface area contributed by atoms with Gasteiger partial charge in [-0.05, 0) is 52.1 Å². The third-order valence-electron chi connectivity index (χ3n) is 4.25. The molecule has 0 unspecified atom stereocenters. The van der Waals surface area contributed by atoms with Crippen LogP contribution < -0.4 is 5.73 Å². The maximum atomic E-state index is 6.45. The molecule has 3 aromatic rings. The Morgan fingerprint density at radius 2 is 1.58 bits per heavy atom. The molecule has 0 fully saturated rings. The molecule has 0 saturated heterocycles. The van der Waals surface area contributed by atoms with E-state index in [0.29, 0.717) is 0 Å². The van der Waals surface area contributed by atoms with E-state index in [9.17, 15) is 0 Å². The van der Waals surface area contributed by atoms with Crippen molar-refractivity contribution in [1.82, 2.24) is 0 Å². The van der Waals surface area contributed by atoms with Crippen LogP contribution in [0.15, 0.2) is 66.7 Å². The second kappa shape index (κ2) is 6.03. The van der Waals surface area contributed by atoms with Gasteiger partial charge in [-0.25, -0.2) is 0 Å². The van der Waals surface area contributed by atoms with Crippen molar-refractivity contribution in [3.05, 3.63) is 99.6 Å². The minimum Gasteiger partial charge on any atom is -0.399 e. The van der Waals surface area contributed by atoms with Crippen molar-refractivity contribution in [3.63, 3.8) is 0 Å². The Morgan fingerprint density at radius 1 is 0.792 bits per heavy atom. The molecular weight excluding hydrogens is 314 g/mol. The topological polar surface area (TPSA) is 26.0 Å². The first-order chi connectivity index (χ1) is 11.7. The van der Waals surface area contributed by atoms with E-state index < -0.39 is 0 Å². The SMILES string of the molecule is Nc1cccc(/C=C2\c3ccccc3C=Cc3c(Cl)cccc32)c1. The van der Waals surface area contributed by atoms with E-state index in [1.165, 1.54) is 11.1 Å². The predicted molar refractivity (Wildman–Crippen MR) is 105 cm³/mol. The van der Waals surface area contributed by atoms with Crippen molar-refractivity contribution in [2.24, 2.45) is 0 Å². The first kappa shape index (κ1) is 14.8. The zero-order valence-corrected chi connectivity index (χ0v) is 13.8. The van der Waals surface area contributed by atoms with Crippen LogP contribution in [0.4, 0.5) is 5.69 Å². The fourth-order valence-corrected chi connectivity index (χ4v) is 3.36. The van der Waals surface area contributed by atoms with Crippen molar-refractivity contribution in [2.45, 2.75) is 0 Å². The summed E-state index contributed by atoms with van der Waals surface area (Å²) in [5.41, 5.74) is 13.5. The first-order valence-corrected chi connectivity index (χ1v) is 8.24. The summed E-state index contributed by atoms with van der Waals surface area (Å²) >= 11 is 6.45. The van der Waals surface area contributed by atoms with Gasteiger partial charge in [0.15, 0.2) is 0 Å². The molecule has 116 valence electrons. The van der Waals surface area contributed by atoms with Crippen molar-refractivity contribution in [3.8, 4) is 0 Å². The Hall–Kier alpha value is -2.77. The van der Waals surface area contributed by atoms with Gasteiger partial charge in [0.25, 0.3) is 0 Å². The van der Waals surface area contributed by atoms with Gasteiger partial charge in [0.1, 0.15) is 0 Å². The monoisotopic (exact) mass is 329 g/mol. The van der Waals surface area contributed by atoms with Gasteiger partial charge in [-0.1, -0.05) is 72.3 Å². The molecule has 0 amide bonds. The highest BCUT2D eigenvalue weighted by Crippen LogP contribution is 2.37. The fraction of sp³-hybridized carbons (Fsp3) is 0. The van der Waals surface area contributed by atoms with Crippen LogP contribution in [0.3, 0.4) is 0 Å². The van der Waals surface area contributed by atoms with E-state index in [0.717, 1.165) is 33.0 Å². The van der Waals surface area contributed by atoms with Crippen molar-refractivity contribution < 1.29 is 0 Å². The molecule has 0 aromatic heterocycles. The van der Waals surface area contributed by atoms with Crippen LogP contribution in [-0.2, 0) is 0 Å². The van der Waals surface area contributed by atoms with Gasteiger partial charge >= 0.3 is 0 Å². The van der Waals surface area contributed by atoms with Gasteiger partial charge in [0, 0.05) is 16.3 Å². The fourth-order valence-electron chi connectivity index (χ4n) is 3.12. The summed E-state index contributed by atoms with van der Waals surface area (Å²) in [7, 11) is 0. The number of rotatable bonds is 1. The number of nitrogens with two attached hydrogens (primary N) is 1. The molecular formula is C22H16ClN. The van der Waals surface area contributed by atoms with Gasteiger partial charge in [0.2, 0.25) is 0 Å². The summed E-state index contributed by atoms with van der Waals surface area (Å²) in [5, 5.41) is 0.759. The Kier molecular flexibility index (Phi) is 3.72. The lowest BCUT2D eigenvalue weighted by Crippen LogP contribution is -1.93. The van der Waals surface area contributed by atoms with Crippen LogP contribution in [-0.4, -0.2) is 0 Å². The highest BCUT2D eigenvalue weighted by molar-refractivity contribution is 6.32. The third kappa shape index (κ3) is 2.64. The number of anilines is 1. The van der Waals surface area contributed by atoms with Crippen molar-refractivity contribution in [1.29, 1.82) is 0 Å². The van der Waals surface area contributed by atoms with Gasteiger partial charge in [-0.3, -0.25) is 0 Å². The van der Waals surface area contributed by atoms with Crippen molar-refractivity contribution >= 4 is 41.1 Å². The molecule has 2 N–H and O–H groups in total. The van der Waals surface area contributed by atoms with Crippen LogP contribution in [0.25, 0.3) is 23.8 Å². The van der Waals surface area contributed by atoms with Gasteiger partial charge in [0.05, 0.1) is 0 Å². The molecule has 1 nitrogen and oxygen atoms in total. The molecule has 0 spiro atoms. The molecule has 1 aliphatic carbocycles. The highest BCUT2D eigenvalue weighted by atomic mass is 35.5. The van der Waals surface area contributed by atoms with E-state index in [1.54, 1.807) is 0 Å². The lowest BCUT2D eigenvalue weighted by Gasteiger charge is -2.13. The van der Waals surface area contributed by atoms with E-state index >= 15 is 0 Å². The number of hydrogen-bond donors (Lipinski definition) is 1. The van der Waals surface area contributed by atoms with E-state index in [1.807, 2.05) is 30.3 Å². The molecule has 0 saturated carbocycles. The molecule has 3 aromatic carbocycles. The molecule has 2 heteroatoms. The number of hydrogen-bond acceptors (Lipinski definition) is 1. The Labute approximate surface area is 146 Å². The minimum absolute atomic E-state index is 0.759. The summed E-state index contributed by atoms with van der Waals surface area (Å²) in [6, 6.07) is 22.4. The smallest absolute Gasteiger partial charge is 0.0484 e. The third-order valence-corrected chi connectivity index (χ3v) is 4.57. The summed E-state index contributed by atoms with van der Waals surface area (Å²) in [6.45, 7) is 0. The summed E-state index contributed by atoms with van der Waals surface area (Å²) in [6.07, 6.45) is 6.40. The highest BCUT2D eigenvalue weighted by Gasteiger charge is 2.16. The number of halogens is 1. The largest absolute Gasteiger partial charge is 0.399 e. The normalized spacial score (nSPS) is 14.1. The average Bonchev–Trinajstić information content (AvgIpc) is 2.74. The average molecular weight is 330 g/mol. The van der Waals surface area contributed by atoms with E-state index in [4.69, 9.17) is 17.3 Å². The second-order valence-corrected chi connectivity index (χ2v) is 6.26. The number of nitrogen functional groups attached to an aromatic ring is 1. The molecule has 0 bridgehead atoms. The molecule has 0 aliphatic heterocycles. The van der Waals surface area contributed by atoms with Crippen LogP contribution in [0.1, 0.15) is 27.8 Å². The Bertz CT molecular complexity index is 983. The molecule has 4 rings (SSSR count). The summed E-state index contributed by atoms with van der Waals surface area (Å²) in [4.78, 5) is 0. The lowest BCUT2D eigenvalue weighted by molar-refractivity contribution is 1.53. The van der Waals surface area contributed by atoms with Crippen LogP contribution in [0.2, 0.25) is 5.02 Å². The molecule has 1 aliphatic rings. The van der Waals surface area contributed by atoms with Crippen LogP contribution in [0.5, 0.6) is 0 Å². The predicted octanol–water partition coefficient (Wildman–Crippen LogP) is 5.99. The van der Waals surface area contributed by atoms with E-state index in [2.05, 4.69) is 54.6 Å². The Morgan fingerprint density at radius 3 is 2.46 bits per heavy atom. The standard InChI is InChI=1S/C22H16ClN/c23-22-10-4-9-19-20(22)12-11-16-6-1-2-8-18(16)21(19)14-15-5-3-7-17(24)13-15/h1-14H,24H2/b21-14+. The number of benzene rings is 3. The Balaban J connectivity index is 2.02. The summed E-state index contributed by atoms with van der Waals surface area (Å²) < 4.78 is 0. The molecule has 0 heterocycles. The van der Waals surface area contributed by atoms with Gasteiger partial charge in [-0.2, -0.15) is 0 Å². The van der Waals surface area contributed by atoms with Gasteiger partial charge < -0.3 is 5.73 Å². The van der Waals surface area contributed by atoms with E-state index in [-0.39, 0.29) is 0 Å². The zero-order valence-electron chi connectivity index (χ0n) is 13.0. The quantitative estimate of drug-likeness (QED) is 0.426. The molecule has 0 radical (unpaired) electrons. The molecule has 24 heavy (non-hydrogen) atoms. The summed E-state index contributed by atoms with van der Waals surface area (Å²) in [5.74, 6) is 0. The lowest BCUT2D eigenvalue weighted by atomic mass is 9.92. The molecule has 0 atom stereocenters. The van der Waals surface area contributed by atoms with Crippen molar-refractivity contribution in [2.75, 3.05) is 5.73 Å². The zero-order chi connectivity index (χ0) is 16.5. The maximum Gasteiger partial charge on any atom is 0.0484 e. The minimum atomic E-state index is 0.759. The maximum absolute atomic E-state index is 6.45. The van der Waals surface area contributed by atoms with Crippen LogP contribution in [0, 0.1) is 0 Å². The number of fused-ring (bicyclic) bond motifs is 2. The second-order valence-electron chi connectivity index (χ2n) is 5.85. The van der Waals surface area contributed by atoms with Gasteiger partial charge in [-0.15, -0.1) is 0 Å².